The Hall–Kier alpha value is -3.43. The Balaban J connectivity index is 2.60. The van der Waals surface area contributed by atoms with Crippen molar-refractivity contribution in [2.45, 2.75) is 51.9 Å². The SMILES string of the molecule is CC(C)[C@H](NC(=O)OCc1ccccc1)C(=O)N[C@@H](C)C(=O)N[C@H](C=O)CC(=O)O. The van der Waals surface area contributed by atoms with Crippen molar-refractivity contribution in [3.8, 4) is 0 Å². The van der Waals surface area contributed by atoms with Crippen LogP contribution in [-0.2, 0) is 30.5 Å². The molecule has 1 aromatic carbocycles. The topological polar surface area (TPSA) is 151 Å². The smallest absolute Gasteiger partial charge is 0.408 e. The maximum Gasteiger partial charge on any atom is 0.408 e. The summed E-state index contributed by atoms with van der Waals surface area (Å²) in [6.07, 6.45) is -1.05. The quantitative estimate of drug-likeness (QED) is 0.382. The highest BCUT2D eigenvalue weighted by molar-refractivity contribution is 5.92. The second kappa shape index (κ2) is 12.2. The molecule has 0 spiro atoms. The van der Waals surface area contributed by atoms with Crippen molar-refractivity contribution in [2.75, 3.05) is 0 Å². The van der Waals surface area contributed by atoms with Gasteiger partial charge in [0.25, 0.3) is 0 Å². The van der Waals surface area contributed by atoms with Crippen molar-refractivity contribution in [2.24, 2.45) is 5.92 Å². The molecule has 0 unspecified atom stereocenters. The molecule has 1 rings (SSSR count). The van der Waals surface area contributed by atoms with E-state index in [4.69, 9.17) is 9.84 Å². The molecular weight excluding hydrogens is 394 g/mol. The highest BCUT2D eigenvalue weighted by Crippen LogP contribution is 2.05. The van der Waals surface area contributed by atoms with E-state index in [9.17, 15) is 24.0 Å². The zero-order valence-corrected chi connectivity index (χ0v) is 17.1. The highest BCUT2D eigenvalue weighted by atomic mass is 16.5. The van der Waals surface area contributed by atoms with E-state index < -0.39 is 48.4 Å². The number of hydrogen-bond donors (Lipinski definition) is 4. The molecule has 4 N–H and O–H groups in total. The van der Waals surface area contributed by atoms with Crippen molar-refractivity contribution in [1.82, 2.24) is 16.0 Å². The number of carboxylic acid groups (broad SMARTS) is 1. The van der Waals surface area contributed by atoms with Gasteiger partial charge in [0.05, 0.1) is 12.5 Å². The lowest BCUT2D eigenvalue weighted by Crippen LogP contribution is -2.55. The van der Waals surface area contributed by atoms with Gasteiger partial charge < -0.3 is 30.6 Å². The number of hydrogen-bond acceptors (Lipinski definition) is 6. The number of carboxylic acids is 1. The van der Waals surface area contributed by atoms with Crippen molar-refractivity contribution >= 4 is 30.2 Å². The first-order valence-electron chi connectivity index (χ1n) is 9.39. The molecule has 0 fully saturated rings. The fraction of sp³-hybridized carbons (Fsp3) is 0.450. The van der Waals surface area contributed by atoms with Crippen LogP contribution in [0, 0.1) is 5.92 Å². The second-order valence-electron chi connectivity index (χ2n) is 7.01. The zero-order chi connectivity index (χ0) is 22.7. The first kappa shape index (κ1) is 24.6. The number of aliphatic carboxylic acids is 1. The number of aldehydes is 1. The Bertz CT molecular complexity index is 752. The maximum atomic E-state index is 12.5. The standard InChI is InChI=1S/C20H27N3O7/c1-12(2)17(23-20(29)30-11-14-7-5-4-6-8-14)19(28)21-13(3)18(27)22-15(10-24)9-16(25)26/h4-8,10,12-13,15,17H,9,11H2,1-3H3,(H,21,28)(H,22,27)(H,23,29)(H,25,26)/t13-,15-,17-/m0/s1. The van der Waals surface area contributed by atoms with E-state index in [1.165, 1.54) is 6.92 Å². The summed E-state index contributed by atoms with van der Waals surface area (Å²) in [7, 11) is 0. The molecule has 0 aliphatic carbocycles. The number of carbonyl (C=O) groups is 5. The minimum atomic E-state index is -1.25. The fourth-order valence-electron chi connectivity index (χ4n) is 2.42. The van der Waals surface area contributed by atoms with Crippen LogP contribution in [0.4, 0.5) is 4.79 Å². The van der Waals surface area contributed by atoms with E-state index in [0.29, 0.717) is 6.29 Å². The summed E-state index contributed by atoms with van der Waals surface area (Å²) in [5.74, 6) is -2.90. The van der Waals surface area contributed by atoms with Gasteiger partial charge in [-0.3, -0.25) is 14.4 Å². The van der Waals surface area contributed by atoms with E-state index in [1.807, 2.05) is 6.07 Å². The highest BCUT2D eigenvalue weighted by Gasteiger charge is 2.28. The van der Waals surface area contributed by atoms with Crippen molar-refractivity contribution in [1.29, 1.82) is 0 Å². The molecule has 0 radical (unpaired) electrons. The molecule has 0 saturated carbocycles. The molecule has 1 aromatic rings. The van der Waals surface area contributed by atoms with Gasteiger partial charge in [-0.05, 0) is 18.4 Å². The minimum absolute atomic E-state index is 0.0363. The van der Waals surface area contributed by atoms with Crippen LogP contribution in [0.25, 0.3) is 0 Å². The third kappa shape index (κ3) is 8.72. The Kier molecular flexibility index (Phi) is 10.0. The first-order chi connectivity index (χ1) is 14.1. The predicted octanol–water partition coefficient (Wildman–Crippen LogP) is 0.601. The number of ether oxygens (including phenoxy) is 1. The van der Waals surface area contributed by atoms with Crippen LogP contribution in [0.5, 0.6) is 0 Å². The lowest BCUT2D eigenvalue weighted by Gasteiger charge is -2.24. The molecular formula is C20H27N3O7. The normalized spacial score (nSPS) is 13.5. The summed E-state index contributed by atoms with van der Waals surface area (Å²) in [6.45, 7) is 4.83. The van der Waals surface area contributed by atoms with E-state index in [-0.39, 0.29) is 12.5 Å². The molecule has 0 saturated heterocycles. The minimum Gasteiger partial charge on any atom is -0.481 e. The molecule has 0 aliphatic rings. The first-order valence-corrected chi connectivity index (χ1v) is 9.39. The van der Waals surface area contributed by atoms with Gasteiger partial charge in [0, 0.05) is 0 Å². The Morgan fingerprint density at radius 2 is 1.63 bits per heavy atom. The fourth-order valence-corrected chi connectivity index (χ4v) is 2.42. The lowest BCUT2D eigenvalue weighted by atomic mass is 10.0. The van der Waals surface area contributed by atoms with Gasteiger partial charge in [-0.15, -0.1) is 0 Å². The zero-order valence-electron chi connectivity index (χ0n) is 17.1. The molecule has 10 heteroatoms. The largest absolute Gasteiger partial charge is 0.481 e. The average Bonchev–Trinajstić information content (AvgIpc) is 2.69. The predicted molar refractivity (Wildman–Crippen MR) is 106 cm³/mol. The monoisotopic (exact) mass is 421 g/mol. The van der Waals surface area contributed by atoms with Crippen LogP contribution in [0.3, 0.4) is 0 Å². The summed E-state index contributed by atoms with van der Waals surface area (Å²) in [4.78, 5) is 58.2. The summed E-state index contributed by atoms with van der Waals surface area (Å²) in [5.41, 5.74) is 0.787. The van der Waals surface area contributed by atoms with Gasteiger partial charge >= 0.3 is 12.1 Å². The molecule has 0 heterocycles. The van der Waals surface area contributed by atoms with E-state index in [1.54, 1.807) is 38.1 Å². The second-order valence-corrected chi connectivity index (χ2v) is 7.01. The van der Waals surface area contributed by atoms with Gasteiger partial charge in [0.2, 0.25) is 11.8 Å². The molecule has 0 bridgehead atoms. The third-order valence-corrected chi connectivity index (χ3v) is 4.07. The maximum absolute atomic E-state index is 12.5. The molecule has 3 amide bonds. The van der Waals surface area contributed by atoms with Gasteiger partial charge in [0.15, 0.2) is 0 Å². The van der Waals surface area contributed by atoms with Crippen LogP contribution in [0.2, 0.25) is 0 Å². The number of nitrogens with one attached hydrogen (secondary N) is 3. The van der Waals surface area contributed by atoms with Crippen LogP contribution in [0.1, 0.15) is 32.8 Å². The third-order valence-electron chi connectivity index (χ3n) is 4.07. The van der Waals surface area contributed by atoms with Crippen molar-refractivity contribution < 1.29 is 33.8 Å². The van der Waals surface area contributed by atoms with E-state index >= 15 is 0 Å². The van der Waals surface area contributed by atoms with Gasteiger partial charge in [0.1, 0.15) is 25.0 Å². The Morgan fingerprint density at radius 1 is 1.00 bits per heavy atom. The number of rotatable bonds is 11. The lowest BCUT2D eigenvalue weighted by molar-refractivity contribution is -0.139. The summed E-state index contributed by atoms with van der Waals surface area (Å²) < 4.78 is 5.11. The molecule has 3 atom stereocenters. The van der Waals surface area contributed by atoms with Gasteiger partial charge in [-0.25, -0.2) is 4.79 Å². The number of amides is 3. The number of carbonyl (C=O) groups excluding carboxylic acids is 4. The van der Waals surface area contributed by atoms with E-state index in [0.717, 1.165) is 5.56 Å². The Labute approximate surface area is 174 Å². The number of alkyl carbamates (subject to hydrolysis) is 1. The van der Waals surface area contributed by atoms with Crippen molar-refractivity contribution in [3.63, 3.8) is 0 Å². The summed E-state index contributed by atoms with van der Waals surface area (Å²) in [5, 5.41) is 15.9. The van der Waals surface area contributed by atoms with Crippen molar-refractivity contribution in [3.05, 3.63) is 35.9 Å². The average molecular weight is 421 g/mol. The van der Waals surface area contributed by atoms with Crippen LogP contribution in [0.15, 0.2) is 30.3 Å². The van der Waals surface area contributed by atoms with E-state index in [2.05, 4.69) is 16.0 Å². The number of benzene rings is 1. The summed E-state index contributed by atoms with van der Waals surface area (Å²) in [6, 6.07) is 5.79. The molecule has 30 heavy (non-hydrogen) atoms. The van der Waals surface area contributed by atoms with Crippen LogP contribution >= 0.6 is 0 Å². The molecule has 10 nitrogen and oxygen atoms in total. The summed E-state index contributed by atoms with van der Waals surface area (Å²) >= 11 is 0. The van der Waals surface area contributed by atoms with Gasteiger partial charge in [-0.2, -0.15) is 0 Å². The molecule has 164 valence electrons. The van der Waals surface area contributed by atoms with Crippen LogP contribution < -0.4 is 16.0 Å². The Morgan fingerprint density at radius 3 is 2.17 bits per heavy atom. The van der Waals surface area contributed by atoms with Gasteiger partial charge in [-0.1, -0.05) is 44.2 Å². The molecule has 0 aliphatic heterocycles. The van der Waals surface area contributed by atoms with Crippen LogP contribution in [-0.4, -0.2) is 53.4 Å². The molecule has 0 aromatic heterocycles.